The van der Waals surface area contributed by atoms with Crippen molar-refractivity contribution in [1.82, 2.24) is 0 Å². The molecule has 4 heteroatoms. The number of methoxy groups -OCH3 is 1. The summed E-state index contributed by atoms with van der Waals surface area (Å²) in [5, 5.41) is 10.5. The highest BCUT2D eigenvalue weighted by Gasteiger charge is 2.46. The van der Waals surface area contributed by atoms with Crippen LogP contribution < -0.4 is 4.74 Å². The maximum absolute atomic E-state index is 12.0. The highest BCUT2D eigenvalue weighted by Crippen LogP contribution is 2.49. The van der Waals surface area contributed by atoms with Crippen LogP contribution in [0.25, 0.3) is 0 Å². The van der Waals surface area contributed by atoms with Gasteiger partial charge in [-0.3, -0.25) is 4.79 Å². The standard InChI is InChI=1S/C16H21ClO3/c1-9-10(2)14(20-4)12(11(3)13(9)17)16(15(18)19)7-5-6-8-16/h5-8H2,1-4H3,(H,18,19). The molecular weight excluding hydrogens is 276 g/mol. The van der Waals surface area contributed by atoms with Gasteiger partial charge in [0.1, 0.15) is 5.75 Å². The molecule has 0 saturated heterocycles. The number of hydrogen-bond acceptors (Lipinski definition) is 2. The molecule has 20 heavy (non-hydrogen) atoms. The summed E-state index contributed by atoms with van der Waals surface area (Å²) in [5.74, 6) is -0.0792. The van der Waals surface area contributed by atoms with Crippen molar-refractivity contribution in [1.29, 1.82) is 0 Å². The lowest BCUT2D eigenvalue weighted by atomic mass is 9.75. The van der Waals surface area contributed by atoms with Crippen LogP contribution >= 0.6 is 11.6 Å². The Morgan fingerprint density at radius 2 is 1.70 bits per heavy atom. The molecule has 1 saturated carbocycles. The Balaban J connectivity index is 2.82. The fourth-order valence-corrected chi connectivity index (χ4v) is 3.70. The average molecular weight is 297 g/mol. The number of carboxylic acid groups (broad SMARTS) is 1. The molecule has 0 atom stereocenters. The maximum atomic E-state index is 12.0. The lowest BCUT2D eigenvalue weighted by molar-refractivity contribution is -0.143. The summed E-state index contributed by atoms with van der Waals surface area (Å²) in [6.07, 6.45) is 3.16. The second-order valence-corrected chi connectivity index (χ2v) is 6.07. The van der Waals surface area contributed by atoms with E-state index < -0.39 is 11.4 Å². The SMILES string of the molecule is COc1c(C)c(C)c(Cl)c(C)c1C1(C(=O)O)CCCC1. The van der Waals surface area contributed by atoms with E-state index in [0.717, 1.165) is 35.1 Å². The third-order valence-corrected chi connectivity index (χ3v) is 5.28. The van der Waals surface area contributed by atoms with Crippen molar-refractivity contribution >= 4 is 17.6 Å². The molecule has 1 aromatic rings. The lowest BCUT2D eigenvalue weighted by Crippen LogP contribution is -2.34. The van der Waals surface area contributed by atoms with E-state index in [-0.39, 0.29) is 0 Å². The van der Waals surface area contributed by atoms with Crippen molar-refractivity contribution in [3.63, 3.8) is 0 Å². The number of carboxylic acids is 1. The summed E-state index contributed by atoms with van der Waals surface area (Å²) >= 11 is 6.41. The zero-order valence-electron chi connectivity index (χ0n) is 12.5. The van der Waals surface area contributed by atoms with Crippen molar-refractivity contribution in [3.05, 3.63) is 27.3 Å². The monoisotopic (exact) mass is 296 g/mol. The van der Waals surface area contributed by atoms with Gasteiger partial charge in [0.15, 0.2) is 0 Å². The maximum Gasteiger partial charge on any atom is 0.314 e. The third-order valence-electron chi connectivity index (χ3n) is 4.71. The predicted octanol–water partition coefficient (Wildman–Crippen LogP) is 4.17. The molecule has 0 bridgehead atoms. The van der Waals surface area contributed by atoms with Crippen molar-refractivity contribution in [2.45, 2.75) is 51.9 Å². The van der Waals surface area contributed by atoms with E-state index in [9.17, 15) is 9.90 Å². The van der Waals surface area contributed by atoms with E-state index in [1.807, 2.05) is 20.8 Å². The number of hydrogen-bond donors (Lipinski definition) is 1. The summed E-state index contributed by atoms with van der Waals surface area (Å²) in [6.45, 7) is 5.78. The molecule has 0 heterocycles. The number of halogens is 1. The predicted molar refractivity (Wildman–Crippen MR) is 80.0 cm³/mol. The molecule has 1 fully saturated rings. The van der Waals surface area contributed by atoms with Gasteiger partial charge in [0, 0.05) is 10.6 Å². The molecule has 0 unspecified atom stereocenters. The fraction of sp³-hybridized carbons (Fsp3) is 0.562. The van der Waals surface area contributed by atoms with E-state index in [1.54, 1.807) is 7.11 Å². The van der Waals surface area contributed by atoms with Crippen LogP contribution in [0.5, 0.6) is 5.75 Å². The van der Waals surface area contributed by atoms with Crippen molar-refractivity contribution < 1.29 is 14.6 Å². The Morgan fingerprint density at radius 1 is 1.15 bits per heavy atom. The largest absolute Gasteiger partial charge is 0.496 e. The summed E-state index contributed by atoms with van der Waals surface area (Å²) in [7, 11) is 1.60. The molecule has 1 aromatic carbocycles. The van der Waals surface area contributed by atoms with Gasteiger partial charge in [0.05, 0.1) is 12.5 Å². The van der Waals surface area contributed by atoms with Crippen molar-refractivity contribution in [2.24, 2.45) is 0 Å². The van der Waals surface area contributed by atoms with Crippen LogP contribution in [-0.4, -0.2) is 18.2 Å². The second-order valence-electron chi connectivity index (χ2n) is 5.69. The minimum Gasteiger partial charge on any atom is -0.496 e. The molecule has 0 radical (unpaired) electrons. The molecule has 2 rings (SSSR count). The van der Waals surface area contributed by atoms with Crippen LogP contribution in [0.4, 0.5) is 0 Å². The van der Waals surface area contributed by atoms with E-state index in [0.29, 0.717) is 23.6 Å². The van der Waals surface area contributed by atoms with Gasteiger partial charge in [-0.1, -0.05) is 24.4 Å². The van der Waals surface area contributed by atoms with Crippen molar-refractivity contribution in [3.8, 4) is 5.75 Å². The first-order chi connectivity index (χ1) is 9.36. The molecule has 1 aliphatic rings. The minimum atomic E-state index is -0.850. The number of benzene rings is 1. The fourth-order valence-electron chi connectivity index (χ4n) is 3.46. The molecule has 1 N–H and O–H groups in total. The Bertz CT molecular complexity index is 558. The molecular formula is C16H21ClO3. The highest BCUT2D eigenvalue weighted by molar-refractivity contribution is 6.32. The van der Waals surface area contributed by atoms with Crippen molar-refractivity contribution in [2.75, 3.05) is 7.11 Å². The third kappa shape index (κ3) is 1.99. The number of aliphatic carboxylic acids is 1. The molecule has 0 aliphatic heterocycles. The number of carbonyl (C=O) groups is 1. The summed E-state index contributed by atoms with van der Waals surface area (Å²) < 4.78 is 5.56. The van der Waals surface area contributed by atoms with Gasteiger partial charge < -0.3 is 9.84 Å². The lowest BCUT2D eigenvalue weighted by Gasteiger charge is -2.30. The molecule has 110 valence electrons. The molecule has 1 aliphatic carbocycles. The van der Waals surface area contributed by atoms with Crippen LogP contribution in [0.15, 0.2) is 0 Å². The Kier molecular flexibility index (Phi) is 4.01. The van der Waals surface area contributed by atoms with E-state index in [1.165, 1.54) is 0 Å². The van der Waals surface area contributed by atoms with E-state index >= 15 is 0 Å². The van der Waals surface area contributed by atoms with Gasteiger partial charge in [-0.25, -0.2) is 0 Å². The first kappa shape index (κ1) is 15.2. The molecule has 0 amide bonds. The summed E-state index contributed by atoms with van der Waals surface area (Å²) in [6, 6.07) is 0. The second kappa shape index (κ2) is 5.28. The van der Waals surface area contributed by atoms with Gasteiger partial charge >= 0.3 is 5.97 Å². The summed E-state index contributed by atoms with van der Waals surface area (Å²) in [4.78, 5) is 12.0. The first-order valence-electron chi connectivity index (χ1n) is 6.94. The molecule has 3 nitrogen and oxygen atoms in total. The zero-order chi connectivity index (χ0) is 15.1. The Labute approximate surface area is 124 Å². The topological polar surface area (TPSA) is 46.5 Å². The van der Waals surface area contributed by atoms with Gasteiger partial charge in [0.2, 0.25) is 0 Å². The molecule has 0 aromatic heterocycles. The smallest absolute Gasteiger partial charge is 0.314 e. The minimum absolute atomic E-state index is 0.651. The van der Waals surface area contributed by atoms with E-state index in [2.05, 4.69) is 0 Å². The first-order valence-corrected chi connectivity index (χ1v) is 7.31. The number of rotatable bonds is 3. The van der Waals surface area contributed by atoms with Gasteiger partial charge in [-0.2, -0.15) is 0 Å². The van der Waals surface area contributed by atoms with Crippen LogP contribution in [0.3, 0.4) is 0 Å². The molecule has 0 spiro atoms. The van der Waals surface area contributed by atoms with Crippen LogP contribution in [0.2, 0.25) is 5.02 Å². The highest BCUT2D eigenvalue weighted by atomic mass is 35.5. The van der Waals surface area contributed by atoms with Crippen LogP contribution in [-0.2, 0) is 10.2 Å². The van der Waals surface area contributed by atoms with Gasteiger partial charge in [0.25, 0.3) is 0 Å². The number of ether oxygens (including phenoxy) is 1. The van der Waals surface area contributed by atoms with E-state index in [4.69, 9.17) is 16.3 Å². The zero-order valence-corrected chi connectivity index (χ0v) is 13.2. The van der Waals surface area contributed by atoms with Gasteiger partial charge in [-0.15, -0.1) is 0 Å². The quantitative estimate of drug-likeness (QED) is 0.910. The van der Waals surface area contributed by atoms with Crippen LogP contribution in [0, 0.1) is 20.8 Å². The van der Waals surface area contributed by atoms with Gasteiger partial charge in [-0.05, 0) is 50.3 Å². The normalized spacial score (nSPS) is 17.2. The van der Waals surface area contributed by atoms with Crippen LogP contribution in [0.1, 0.15) is 47.9 Å². The Hall–Kier alpha value is -1.22. The average Bonchev–Trinajstić information content (AvgIpc) is 2.90. The Morgan fingerprint density at radius 3 is 2.15 bits per heavy atom. The summed E-state index contributed by atoms with van der Waals surface area (Å²) in [5.41, 5.74) is 2.67.